The second-order valence-corrected chi connectivity index (χ2v) is 8.07. The van der Waals surface area contributed by atoms with Gasteiger partial charge in [-0.2, -0.15) is 0 Å². The molecule has 0 aromatic heterocycles. The Morgan fingerprint density at radius 2 is 1.28 bits per heavy atom. The van der Waals surface area contributed by atoms with Gasteiger partial charge in [0.25, 0.3) is 0 Å². The third-order valence-electron chi connectivity index (χ3n) is 5.83. The fraction of sp³-hybridized carbons (Fsp3) is 0.259. The van der Waals surface area contributed by atoms with E-state index in [1.54, 1.807) is 12.1 Å². The van der Waals surface area contributed by atoms with Crippen LogP contribution in [0.2, 0.25) is 0 Å². The van der Waals surface area contributed by atoms with Gasteiger partial charge in [-0.15, -0.1) is 0 Å². The highest BCUT2D eigenvalue weighted by Crippen LogP contribution is 2.30. The first-order valence-corrected chi connectivity index (χ1v) is 10.9. The molecule has 0 amide bonds. The second kappa shape index (κ2) is 10.5. The maximum atomic E-state index is 13.4. The van der Waals surface area contributed by atoms with Gasteiger partial charge in [0.15, 0.2) is 0 Å². The lowest BCUT2D eigenvalue weighted by Gasteiger charge is -2.27. The lowest BCUT2D eigenvalue weighted by molar-refractivity contribution is 0.256. The Hall–Kier alpha value is -3.05. The Labute approximate surface area is 187 Å². The summed E-state index contributed by atoms with van der Waals surface area (Å²) in [5, 5.41) is 0. The van der Waals surface area contributed by atoms with Crippen LogP contribution in [0.3, 0.4) is 0 Å². The van der Waals surface area contributed by atoms with E-state index in [0.29, 0.717) is 5.75 Å². The van der Waals surface area contributed by atoms with Crippen molar-refractivity contribution in [1.82, 2.24) is 4.90 Å². The van der Waals surface area contributed by atoms with Crippen molar-refractivity contribution in [3.8, 4) is 5.75 Å². The predicted molar refractivity (Wildman–Crippen MR) is 120 cm³/mol. The summed E-state index contributed by atoms with van der Waals surface area (Å²) in [6.45, 7) is 2.62. The van der Waals surface area contributed by atoms with Gasteiger partial charge in [-0.25, -0.2) is 13.2 Å². The van der Waals surface area contributed by atoms with E-state index in [0.717, 1.165) is 55.8 Å². The van der Waals surface area contributed by atoms with E-state index < -0.39 is 0 Å². The van der Waals surface area contributed by atoms with Crippen molar-refractivity contribution in [3.63, 3.8) is 0 Å². The summed E-state index contributed by atoms with van der Waals surface area (Å²) in [6.07, 6.45) is 4.72. The molecule has 0 saturated heterocycles. The summed E-state index contributed by atoms with van der Waals surface area (Å²) in [5.41, 5.74) is 2.07. The predicted octanol–water partition coefficient (Wildman–Crippen LogP) is 6.68. The fourth-order valence-electron chi connectivity index (χ4n) is 4.08. The summed E-state index contributed by atoms with van der Waals surface area (Å²) < 4.78 is 45.7. The minimum atomic E-state index is -0.277. The van der Waals surface area contributed by atoms with Crippen LogP contribution in [0.5, 0.6) is 5.75 Å². The first-order valence-electron chi connectivity index (χ1n) is 10.9. The van der Waals surface area contributed by atoms with Crippen LogP contribution in [0, 0.1) is 17.5 Å². The van der Waals surface area contributed by atoms with Crippen LogP contribution in [0.1, 0.15) is 36.3 Å². The van der Waals surface area contributed by atoms with Gasteiger partial charge in [-0.3, -0.25) is 4.90 Å². The van der Waals surface area contributed by atoms with Crippen molar-refractivity contribution in [2.45, 2.75) is 25.2 Å². The van der Waals surface area contributed by atoms with Crippen molar-refractivity contribution in [2.24, 2.45) is 0 Å². The summed E-state index contributed by atoms with van der Waals surface area (Å²) in [4.78, 5) is 2.36. The smallest absolute Gasteiger partial charge is 0.127 e. The van der Waals surface area contributed by atoms with Gasteiger partial charge in [0.2, 0.25) is 0 Å². The largest absolute Gasteiger partial charge is 0.462 e. The van der Waals surface area contributed by atoms with Crippen LogP contribution in [0.15, 0.2) is 84.6 Å². The van der Waals surface area contributed by atoms with Crippen molar-refractivity contribution in [1.29, 1.82) is 0 Å². The Morgan fingerprint density at radius 1 is 0.750 bits per heavy atom. The molecule has 0 bridgehead atoms. The molecule has 32 heavy (non-hydrogen) atoms. The maximum absolute atomic E-state index is 13.4. The molecule has 1 heterocycles. The molecular formula is C27H26F3NO. The number of benzene rings is 3. The molecule has 3 aromatic rings. The second-order valence-electron chi connectivity index (χ2n) is 8.07. The third-order valence-corrected chi connectivity index (χ3v) is 5.83. The minimum Gasteiger partial charge on any atom is -0.462 e. The number of halogens is 3. The van der Waals surface area contributed by atoms with Crippen LogP contribution in [-0.2, 0) is 0 Å². The molecular weight excluding hydrogens is 411 g/mol. The molecule has 0 fully saturated rings. The third kappa shape index (κ3) is 6.01. The van der Waals surface area contributed by atoms with Crippen LogP contribution in [0.4, 0.5) is 13.2 Å². The van der Waals surface area contributed by atoms with E-state index in [2.05, 4.69) is 11.0 Å². The van der Waals surface area contributed by atoms with Gasteiger partial charge in [0.05, 0.1) is 0 Å². The lowest BCUT2D eigenvalue weighted by atomic mass is 9.87. The van der Waals surface area contributed by atoms with Crippen LogP contribution >= 0.6 is 0 Å². The average Bonchev–Trinajstić information content (AvgIpc) is 2.81. The molecule has 0 unspecified atom stereocenters. The monoisotopic (exact) mass is 437 g/mol. The molecule has 1 aliphatic heterocycles. The van der Waals surface area contributed by atoms with Crippen LogP contribution in [0.25, 0.3) is 0 Å². The van der Waals surface area contributed by atoms with Gasteiger partial charge >= 0.3 is 0 Å². The number of nitrogens with zero attached hydrogens (tertiary/aromatic N) is 1. The molecule has 166 valence electrons. The maximum Gasteiger partial charge on any atom is 0.127 e. The fourth-order valence-corrected chi connectivity index (χ4v) is 4.08. The molecule has 2 nitrogen and oxygen atoms in total. The minimum absolute atomic E-state index is 0.0916. The van der Waals surface area contributed by atoms with Gasteiger partial charge in [0.1, 0.15) is 29.0 Å². The van der Waals surface area contributed by atoms with E-state index in [9.17, 15) is 13.2 Å². The Balaban J connectivity index is 1.33. The van der Waals surface area contributed by atoms with Gasteiger partial charge in [-0.05, 0) is 85.1 Å². The average molecular weight is 438 g/mol. The lowest BCUT2D eigenvalue weighted by Crippen LogP contribution is -2.30. The summed E-state index contributed by atoms with van der Waals surface area (Å²) in [5.74, 6) is 0.848. The van der Waals surface area contributed by atoms with E-state index in [-0.39, 0.29) is 23.4 Å². The molecule has 5 heteroatoms. The van der Waals surface area contributed by atoms with Gasteiger partial charge in [-0.1, -0.05) is 24.3 Å². The zero-order valence-corrected chi connectivity index (χ0v) is 17.8. The Morgan fingerprint density at radius 3 is 1.78 bits per heavy atom. The first kappa shape index (κ1) is 22.2. The molecule has 0 atom stereocenters. The van der Waals surface area contributed by atoms with E-state index in [1.807, 2.05) is 24.3 Å². The van der Waals surface area contributed by atoms with Crippen molar-refractivity contribution < 1.29 is 17.9 Å². The highest BCUT2D eigenvalue weighted by atomic mass is 19.1. The summed E-state index contributed by atoms with van der Waals surface area (Å²) >= 11 is 0. The van der Waals surface area contributed by atoms with E-state index >= 15 is 0 Å². The molecule has 0 spiro atoms. The normalized spacial score (nSPS) is 14.4. The Kier molecular flexibility index (Phi) is 7.28. The number of rotatable bonds is 8. The summed E-state index contributed by atoms with van der Waals surface area (Å²) in [7, 11) is 0. The van der Waals surface area contributed by atoms with Crippen LogP contribution < -0.4 is 4.74 Å². The zero-order valence-electron chi connectivity index (χ0n) is 17.8. The molecule has 4 rings (SSSR count). The van der Waals surface area contributed by atoms with E-state index in [4.69, 9.17) is 4.74 Å². The molecule has 0 N–H and O–H groups in total. The van der Waals surface area contributed by atoms with Crippen molar-refractivity contribution in [3.05, 3.63) is 113 Å². The molecule has 1 aliphatic rings. The molecule has 0 radical (unpaired) electrons. The number of hydrogen-bond acceptors (Lipinski definition) is 2. The molecule has 0 saturated carbocycles. The highest BCUT2D eigenvalue weighted by molar-refractivity contribution is 5.32. The molecule has 3 aromatic carbocycles. The molecule has 0 aliphatic carbocycles. The highest BCUT2D eigenvalue weighted by Gasteiger charge is 2.17. The van der Waals surface area contributed by atoms with Gasteiger partial charge in [0, 0.05) is 25.4 Å². The van der Waals surface area contributed by atoms with Crippen LogP contribution in [-0.4, -0.2) is 24.5 Å². The number of hydrogen-bond donors (Lipinski definition) is 0. The summed E-state index contributed by atoms with van der Waals surface area (Å²) in [6, 6.07) is 19.2. The van der Waals surface area contributed by atoms with Crippen molar-refractivity contribution in [2.75, 3.05) is 19.6 Å². The zero-order chi connectivity index (χ0) is 22.3. The van der Waals surface area contributed by atoms with E-state index in [1.165, 1.54) is 36.4 Å². The van der Waals surface area contributed by atoms with Crippen molar-refractivity contribution >= 4 is 0 Å². The number of ether oxygens (including phenoxy) is 1. The topological polar surface area (TPSA) is 12.5 Å². The standard InChI is InChI=1S/C27H26F3NO/c28-22-7-3-20(4-8-22)27(21-5-9-23(29)10-6-21)2-1-17-31-18-15-26(16-19-31)32-25-13-11-24(30)12-14-25/h3-15,27H,1-2,16-19H2. The Bertz CT molecular complexity index is 985. The van der Waals surface area contributed by atoms with Gasteiger partial charge < -0.3 is 4.74 Å². The quantitative estimate of drug-likeness (QED) is 0.390. The first-order chi connectivity index (χ1) is 15.6. The SMILES string of the molecule is Fc1ccc(OC2=CCN(CCCC(c3ccc(F)cc3)c3ccc(F)cc3)CC2)cc1.